The van der Waals surface area contributed by atoms with Crippen molar-refractivity contribution < 1.29 is 14.5 Å². The largest absolute Gasteiger partial charge is 0.487 e. The molecule has 1 saturated heterocycles. The van der Waals surface area contributed by atoms with Crippen LogP contribution in [0.5, 0.6) is 5.75 Å². The number of amides is 1. The Morgan fingerprint density at radius 2 is 1.92 bits per heavy atom. The number of carbonyl (C=O) groups excluding carboxylic acids is 1. The fourth-order valence-electron chi connectivity index (χ4n) is 3.74. The molecule has 0 bridgehead atoms. The fourth-order valence-corrected chi connectivity index (χ4v) is 3.74. The van der Waals surface area contributed by atoms with E-state index in [0.717, 1.165) is 31.6 Å². The predicted molar refractivity (Wildman–Crippen MR) is 95.0 cm³/mol. The summed E-state index contributed by atoms with van der Waals surface area (Å²) >= 11 is 0. The number of anilines is 1. The molecule has 1 aliphatic carbocycles. The van der Waals surface area contributed by atoms with Gasteiger partial charge in [-0.2, -0.15) is 0 Å². The van der Waals surface area contributed by atoms with Crippen LogP contribution in [0.3, 0.4) is 0 Å². The average Bonchev–Trinajstić information content (AvgIpc) is 3.16. The summed E-state index contributed by atoms with van der Waals surface area (Å²) in [5, 5.41) is 11.1. The molecule has 3 rings (SSSR count). The maximum atomic E-state index is 12.5. The summed E-state index contributed by atoms with van der Waals surface area (Å²) in [6.45, 7) is 5.08. The van der Waals surface area contributed by atoms with Crippen LogP contribution in [0.4, 0.5) is 11.4 Å². The van der Waals surface area contributed by atoms with Gasteiger partial charge in [-0.3, -0.25) is 14.9 Å². The Morgan fingerprint density at radius 3 is 2.52 bits per heavy atom. The lowest BCUT2D eigenvalue weighted by atomic mass is 10.1. The Bertz CT molecular complexity index is 635. The van der Waals surface area contributed by atoms with Crippen LogP contribution in [-0.4, -0.2) is 48.5 Å². The number of benzene rings is 1. The van der Waals surface area contributed by atoms with Crippen molar-refractivity contribution in [3.8, 4) is 5.75 Å². The van der Waals surface area contributed by atoms with E-state index in [1.165, 1.54) is 18.9 Å². The van der Waals surface area contributed by atoms with Crippen molar-refractivity contribution in [2.75, 3.05) is 37.7 Å². The van der Waals surface area contributed by atoms with Crippen LogP contribution in [0.25, 0.3) is 0 Å². The summed E-state index contributed by atoms with van der Waals surface area (Å²) in [5.41, 5.74) is 0.891. The van der Waals surface area contributed by atoms with E-state index in [0.29, 0.717) is 31.4 Å². The predicted octanol–water partition coefficient (Wildman–Crippen LogP) is 2.83. The van der Waals surface area contributed by atoms with Crippen LogP contribution in [0.2, 0.25) is 0 Å². The maximum Gasteiger partial charge on any atom is 0.311 e. The first-order chi connectivity index (χ1) is 12.1. The first-order valence-electron chi connectivity index (χ1n) is 9.05. The minimum absolute atomic E-state index is 0.0133. The second-order valence-electron chi connectivity index (χ2n) is 6.64. The molecule has 136 valence electrons. The molecule has 2 aliphatic rings. The van der Waals surface area contributed by atoms with Crippen molar-refractivity contribution in [2.24, 2.45) is 5.92 Å². The number of hydrogen-bond acceptors (Lipinski definition) is 5. The molecule has 7 heteroatoms. The molecule has 1 aromatic carbocycles. The van der Waals surface area contributed by atoms with Crippen LogP contribution in [0.15, 0.2) is 18.2 Å². The lowest BCUT2D eigenvalue weighted by molar-refractivity contribution is -0.385. The normalized spacial score (nSPS) is 18.4. The van der Waals surface area contributed by atoms with Gasteiger partial charge in [0.25, 0.3) is 0 Å². The summed E-state index contributed by atoms with van der Waals surface area (Å²) in [7, 11) is 0. The van der Waals surface area contributed by atoms with E-state index in [9.17, 15) is 14.9 Å². The highest BCUT2D eigenvalue weighted by molar-refractivity contribution is 5.79. The van der Waals surface area contributed by atoms with Crippen molar-refractivity contribution in [1.29, 1.82) is 0 Å². The van der Waals surface area contributed by atoms with Gasteiger partial charge in [-0.25, -0.2) is 0 Å². The van der Waals surface area contributed by atoms with Gasteiger partial charge in [-0.1, -0.05) is 12.8 Å². The van der Waals surface area contributed by atoms with Gasteiger partial charge >= 0.3 is 5.69 Å². The van der Waals surface area contributed by atoms with Crippen LogP contribution in [0.1, 0.15) is 32.6 Å². The highest BCUT2D eigenvalue weighted by atomic mass is 16.6. The van der Waals surface area contributed by atoms with Gasteiger partial charge in [0.05, 0.1) is 11.5 Å². The number of nitro groups is 1. The Balaban J connectivity index is 1.65. The molecule has 0 N–H and O–H groups in total. The van der Waals surface area contributed by atoms with E-state index in [-0.39, 0.29) is 11.6 Å². The van der Waals surface area contributed by atoms with E-state index in [4.69, 9.17) is 4.74 Å². The molecule has 1 amide bonds. The summed E-state index contributed by atoms with van der Waals surface area (Å²) in [6.07, 6.45) is 4.39. The van der Waals surface area contributed by atoms with Gasteiger partial charge in [0.1, 0.15) is 0 Å². The fraction of sp³-hybridized carbons (Fsp3) is 0.611. The molecule has 1 aliphatic heterocycles. The second kappa shape index (κ2) is 7.72. The monoisotopic (exact) mass is 347 g/mol. The molecule has 1 saturated carbocycles. The van der Waals surface area contributed by atoms with Crippen molar-refractivity contribution in [3.63, 3.8) is 0 Å². The summed E-state index contributed by atoms with van der Waals surface area (Å²) < 4.78 is 5.42. The van der Waals surface area contributed by atoms with E-state index in [2.05, 4.69) is 4.90 Å². The molecule has 0 atom stereocenters. The van der Waals surface area contributed by atoms with E-state index in [1.807, 2.05) is 11.8 Å². The number of carbonyl (C=O) groups is 1. The molecular weight excluding hydrogens is 322 g/mol. The molecule has 25 heavy (non-hydrogen) atoms. The number of piperazine rings is 1. The van der Waals surface area contributed by atoms with Crippen LogP contribution in [-0.2, 0) is 4.79 Å². The molecule has 7 nitrogen and oxygen atoms in total. The van der Waals surface area contributed by atoms with Gasteiger partial charge in [0.15, 0.2) is 5.75 Å². The van der Waals surface area contributed by atoms with Crippen molar-refractivity contribution in [2.45, 2.75) is 32.6 Å². The minimum Gasteiger partial charge on any atom is -0.487 e. The minimum atomic E-state index is -0.424. The second-order valence-corrected chi connectivity index (χ2v) is 6.64. The Kier molecular flexibility index (Phi) is 5.40. The Morgan fingerprint density at radius 1 is 1.24 bits per heavy atom. The quantitative estimate of drug-likeness (QED) is 0.605. The highest BCUT2D eigenvalue weighted by Crippen LogP contribution is 2.32. The van der Waals surface area contributed by atoms with Crippen molar-refractivity contribution in [3.05, 3.63) is 28.3 Å². The van der Waals surface area contributed by atoms with Gasteiger partial charge < -0.3 is 14.5 Å². The molecule has 1 heterocycles. The molecule has 0 unspecified atom stereocenters. The van der Waals surface area contributed by atoms with E-state index < -0.39 is 4.92 Å². The third-order valence-electron chi connectivity index (χ3n) is 5.10. The maximum absolute atomic E-state index is 12.5. The third kappa shape index (κ3) is 3.86. The number of rotatable bonds is 5. The van der Waals surface area contributed by atoms with Gasteiger partial charge in [0, 0.05) is 49.9 Å². The molecular formula is C18H25N3O4. The van der Waals surface area contributed by atoms with Gasteiger partial charge in [-0.05, 0) is 25.8 Å². The first-order valence-corrected chi connectivity index (χ1v) is 9.05. The van der Waals surface area contributed by atoms with Gasteiger partial charge in [0.2, 0.25) is 5.91 Å². The summed E-state index contributed by atoms with van der Waals surface area (Å²) in [5.74, 6) is 0.820. The molecule has 1 aromatic rings. The third-order valence-corrected chi connectivity index (χ3v) is 5.10. The van der Waals surface area contributed by atoms with Crippen molar-refractivity contribution >= 4 is 17.3 Å². The summed E-state index contributed by atoms with van der Waals surface area (Å²) in [6, 6.07) is 4.99. The molecule has 2 fully saturated rings. The molecule has 0 aromatic heterocycles. The number of nitro benzene ring substituents is 1. The Hall–Kier alpha value is -2.31. The van der Waals surface area contributed by atoms with E-state index >= 15 is 0 Å². The standard InChI is InChI=1S/C18H25N3O4/c1-2-25-17-13-15(7-8-16(17)21(23)24)19-9-11-20(12-10-19)18(22)14-5-3-4-6-14/h7-8,13-14H,2-6,9-12H2,1H3. The number of nitrogens with zero attached hydrogens (tertiary/aromatic N) is 3. The molecule has 0 spiro atoms. The highest BCUT2D eigenvalue weighted by Gasteiger charge is 2.29. The van der Waals surface area contributed by atoms with Crippen molar-refractivity contribution in [1.82, 2.24) is 4.90 Å². The topological polar surface area (TPSA) is 75.9 Å². The Labute approximate surface area is 147 Å². The van der Waals surface area contributed by atoms with E-state index in [1.54, 1.807) is 12.1 Å². The zero-order valence-electron chi connectivity index (χ0n) is 14.6. The number of hydrogen-bond donors (Lipinski definition) is 0. The van der Waals surface area contributed by atoms with Crippen LogP contribution < -0.4 is 9.64 Å². The first kappa shape index (κ1) is 17.5. The smallest absolute Gasteiger partial charge is 0.311 e. The number of ether oxygens (including phenoxy) is 1. The van der Waals surface area contributed by atoms with Crippen LogP contribution >= 0.6 is 0 Å². The summed E-state index contributed by atoms with van der Waals surface area (Å²) in [4.78, 5) is 27.3. The van der Waals surface area contributed by atoms with Gasteiger partial charge in [-0.15, -0.1) is 0 Å². The average molecular weight is 347 g/mol. The molecule has 0 radical (unpaired) electrons. The van der Waals surface area contributed by atoms with Crippen LogP contribution in [0, 0.1) is 16.0 Å². The zero-order valence-corrected chi connectivity index (χ0v) is 14.6. The SMILES string of the molecule is CCOc1cc(N2CCN(C(=O)C3CCCC3)CC2)ccc1[N+](=O)[O-]. The lowest BCUT2D eigenvalue weighted by Gasteiger charge is -2.37. The zero-order chi connectivity index (χ0) is 17.8. The lowest BCUT2D eigenvalue weighted by Crippen LogP contribution is -2.50.